The summed E-state index contributed by atoms with van der Waals surface area (Å²) in [5.41, 5.74) is 4.55. The van der Waals surface area contributed by atoms with Crippen LogP contribution in [0.2, 0.25) is 0 Å². The molecule has 0 N–H and O–H groups in total. The third-order valence-corrected chi connectivity index (χ3v) is 8.14. The van der Waals surface area contributed by atoms with E-state index in [-0.39, 0.29) is 5.91 Å². The van der Waals surface area contributed by atoms with Gasteiger partial charge in [0.05, 0.1) is 11.1 Å². The molecule has 7 nitrogen and oxygen atoms in total. The molecule has 2 aliphatic heterocycles. The number of carbonyl (C=O) groups is 1. The number of rotatable bonds is 3. The molecule has 0 aliphatic carbocycles. The predicted molar refractivity (Wildman–Crippen MR) is 113 cm³/mol. The van der Waals surface area contributed by atoms with Gasteiger partial charge in [0.15, 0.2) is 0 Å². The third-order valence-electron chi connectivity index (χ3n) is 6.11. The second-order valence-corrected chi connectivity index (χ2v) is 9.95. The average molecular weight is 417 g/mol. The van der Waals surface area contributed by atoms with E-state index in [9.17, 15) is 13.2 Å². The highest BCUT2D eigenvalue weighted by atomic mass is 32.2. The molecule has 0 atom stereocenters. The van der Waals surface area contributed by atoms with Crippen molar-refractivity contribution in [1.82, 2.24) is 18.5 Å². The Morgan fingerprint density at radius 1 is 0.931 bits per heavy atom. The quantitative estimate of drug-likeness (QED) is 0.769. The van der Waals surface area contributed by atoms with E-state index in [0.29, 0.717) is 44.8 Å². The Hall–Kier alpha value is -2.03. The van der Waals surface area contributed by atoms with Gasteiger partial charge < -0.3 is 4.90 Å². The van der Waals surface area contributed by atoms with Gasteiger partial charge in [-0.3, -0.25) is 9.78 Å². The van der Waals surface area contributed by atoms with Crippen LogP contribution in [0.3, 0.4) is 0 Å². The normalized spacial score (nSPS) is 19.2. The first-order valence-corrected chi connectivity index (χ1v) is 11.6. The van der Waals surface area contributed by atoms with Gasteiger partial charge in [0.2, 0.25) is 0 Å². The average Bonchev–Trinajstić information content (AvgIpc) is 3.26. The number of amides is 1. The smallest absolute Gasteiger partial charge is 0.282 e. The summed E-state index contributed by atoms with van der Waals surface area (Å²) in [5.74, 6) is -0.0537. The molecule has 1 amide bonds. The molecular formula is C21H28N4O3S. The maximum Gasteiger partial charge on any atom is 0.282 e. The van der Waals surface area contributed by atoms with Crippen LogP contribution < -0.4 is 0 Å². The summed E-state index contributed by atoms with van der Waals surface area (Å²) in [6, 6.07) is 5.82. The van der Waals surface area contributed by atoms with Crippen LogP contribution in [0, 0.1) is 20.8 Å². The molecule has 0 saturated carbocycles. The maximum absolute atomic E-state index is 13.3. The molecule has 1 aromatic carbocycles. The highest BCUT2D eigenvalue weighted by Crippen LogP contribution is 2.26. The first kappa shape index (κ1) is 20.3. The number of aryl methyl sites for hydroxylation is 3. The second-order valence-electron chi connectivity index (χ2n) is 8.02. The van der Waals surface area contributed by atoms with Crippen LogP contribution in [0.5, 0.6) is 0 Å². The molecule has 2 fully saturated rings. The summed E-state index contributed by atoms with van der Waals surface area (Å²) in [4.78, 5) is 19.7. The van der Waals surface area contributed by atoms with Crippen LogP contribution in [-0.2, 0) is 10.2 Å². The Bertz CT molecular complexity index is 1050. The highest BCUT2D eigenvalue weighted by molar-refractivity contribution is 7.86. The molecule has 0 radical (unpaired) electrons. The van der Waals surface area contributed by atoms with Crippen LogP contribution in [0.25, 0.3) is 10.9 Å². The summed E-state index contributed by atoms with van der Waals surface area (Å²) in [6.07, 6.45) is 1.84. The first-order chi connectivity index (χ1) is 13.8. The molecule has 2 aliphatic rings. The fraction of sp³-hybridized carbons (Fsp3) is 0.524. The van der Waals surface area contributed by atoms with Crippen molar-refractivity contribution in [2.75, 3.05) is 39.3 Å². The van der Waals surface area contributed by atoms with Crippen LogP contribution in [0.1, 0.15) is 40.0 Å². The van der Waals surface area contributed by atoms with Gasteiger partial charge in [0, 0.05) is 50.3 Å². The van der Waals surface area contributed by atoms with Gasteiger partial charge in [-0.15, -0.1) is 0 Å². The van der Waals surface area contributed by atoms with Crippen molar-refractivity contribution >= 4 is 27.0 Å². The van der Waals surface area contributed by atoms with Crippen LogP contribution >= 0.6 is 0 Å². The number of hydrogen-bond acceptors (Lipinski definition) is 4. The molecule has 3 heterocycles. The summed E-state index contributed by atoms with van der Waals surface area (Å²) in [5, 5.41) is 0.857. The fourth-order valence-electron chi connectivity index (χ4n) is 4.21. The molecule has 0 spiro atoms. The van der Waals surface area contributed by atoms with Gasteiger partial charge in [-0.05, 0) is 50.8 Å². The van der Waals surface area contributed by atoms with Gasteiger partial charge in [-0.25, -0.2) is 0 Å². The Labute approximate surface area is 172 Å². The minimum atomic E-state index is -3.41. The Morgan fingerprint density at radius 2 is 1.55 bits per heavy atom. The minimum absolute atomic E-state index is 0.0537. The zero-order valence-corrected chi connectivity index (χ0v) is 18.1. The number of benzene rings is 1. The molecule has 156 valence electrons. The zero-order chi connectivity index (χ0) is 20.8. The zero-order valence-electron chi connectivity index (χ0n) is 17.3. The topological polar surface area (TPSA) is 73.8 Å². The lowest BCUT2D eigenvalue weighted by Crippen LogP contribution is -2.53. The van der Waals surface area contributed by atoms with E-state index in [2.05, 4.69) is 4.98 Å². The lowest BCUT2D eigenvalue weighted by molar-refractivity contribution is 0.0696. The van der Waals surface area contributed by atoms with E-state index < -0.39 is 10.2 Å². The van der Waals surface area contributed by atoms with Crippen molar-refractivity contribution in [3.05, 3.63) is 40.6 Å². The van der Waals surface area contributed by atoms with E-state index in [1.54, 1.807) is 9.21 Å². The molecule has 8 heteroatoms. The number of carbonyl (C=O) groups excluding carboxylic acids is 1. The van der Waals surface area contributed by atoms with Crippen molar-refractivity contribution in [2.45, 2.75) is 33.6 Å². The van der Waals surface area contributed by atoms with Crippen molar-refractivity contribution in [3.63, 3.8) is 0 Å². The molecule has 1 aromatic heterocycles. The summed E-state index contributed by atoms with van der Waals surface area (Å²) >= 11 is 0. The number of pyridine rings is 1. The monoisotopic (exact) mass is 416 g/mol. The molecule has 2 aromatic rings. The Morgan fingerprint density at radius 3 is 2.21 bits per heavy atom. The van der Waals surface area contributed by atoms with E-state index in [4.69, 9.17) is 0 Å². The number of aromatic nitrogens is 1. The number of hydrogen-bond donors (Lipinski definition) is 0. The van der Waals surface area contributed by atoms with Gasteiger partial charge in [-0.2, -0.15) is 17.0 Å². The molecule has 0 unspecified atom stereocenters. The van der Waals surface area contributed by atoms with Crippen molar-refractivity contribution in [1.29, 1.82) is 0 Å². The molecular weight excluding hydrogens is 388 g/mol. The van der Waals surface area contributed by atoms with Crippen LogP contribution in [-0.4, -0.2) is 72.1 Å². The van der Waals surface area contributed by atoms with E-state index in [1.165, 1.54) is 4.31 Å². The van der Waals surface area contributed by atoms with Crippen molar-refractivity contribution in [2.24, 2.45) is 0 Å². The largest absolute Gasteiger partial charge is 0.336 e. The van der Waals surface area contributed by atoms with Crippen molar-refractivity contribution in [3.8, 4) is 0 Å². The number of fused-ring (bicyclic) bond motifs is 1. The standard InChI is InChI=1S/C21H28N4O3S/c1-15-6-7-18-19(14-16(2)22-20(18)17(15)3)21(26)23-10-12-25(13-11-23)29(27,28)24-8-4-5-9-24/h6-7,14H,4-5,8-13H2,1-3H3. The van der Waals surface area contributed by atoms with Crippen molar-refractivity contribution < 1.29 is 13.2 Å². The number of nitrogens with zero attached hydrogens (tertiary/aromatic N) is 4. The molecule has 4 rings (SSSR count). The van der Waals surface area contributed by atoms with E-state index in [0.717, 1.165) is 40.6 Å². The van der Waals surface area contributed by atoms with Crippen LogP contribution in [0.4, 0.5) is 0 Å². The Kier molecular flexibility index (Phi) is 5.35. The lowest BCUT2D eigenvalue weighted by Gasteiger charge is -2.36. The molecule has 0 bridgehead atoms. The SMILES string of the molecule is Cc1cc(C(=O)N2CCN(S(=O)(=O)N3CCCC3)CC2)c2ccc(C)c(C)c2n1. The predicted octanol–water partition coefficient (Wildman–Crippen LogP) is 2.26. The lowest BCUT2D eigenvalue weighted by atomic mass is 10.00. The maximum atomic E-state index is 13.3. The summed E-state index contributed by atoms with van der Waals surface area (Å²) in [6.45, 7) is 8.65. The van der Waals surface area contributed by atoms with Gasteiger partial charge >= 0.3 is 0 Å². The second kappa shape index (κ2) is 7.66. The summed E-state index contributed by atoms with van der Waals surface area (Å²) < 4.78 is 28.6. The first-order valence-electron chi connectivity index (χ1n) is 10.2. The van der Waals surface area contributed by atoms with Gasteiger partial charge in [-0.1, -0.05) is 12.1 Å². The van der Waals surface area contributed by atoms with Gasteiger partial charge in [0.1, 0.15) is 0 Å². The highest BCUT2D eigenvalue weighted by Gasteiger charge is 2.35. The summed E-state index contributed by atoms with van der Waals surface area (Å²) in [7, 11) is -3.41. The molecule has 29 heavy (non-hydrogen) atoms. The third kappa shape index (κ3) is 3.65. The Balaban J connectivity index is 1.55. The van der Waals surface area contributed by atoms with Gasteiger partial charge in [0.25, 0.3) is 16.1 Å². The van der Waals surface area contributed by atoms with E-state index in [1.807, 2.05) is 39.0 Å². The number of piperazine rings is 1. The van der Waals surface area contributed by atoms with Crippen LogP contribution in [0.15, 0.2) is 18.2 Å². The minimum Gasteiger partial charge on any atom is -0.336 e. The fourth-order valence-corrected chi connectivity index (χ4v) is 5.88. The molecule has 2 saturated heterocycles. The van der Waals surface area contributed by atoms with E-state index >= 15 is 0 Å².